The summed E-state index contributed by atoms with van der Waals surface area (Å²) in [5.74, 6) is -1.41. The van der Waals surface area contributed by atoms with Crippen molar-refractivity contribution in [3.8, 4) is 0 Å². The van der Waals surface area contributed by atoms with Crippen LogP contribution in [0.15, 0.2) is 48.5 Å². The van der Waals surface area contributed by atoms with Crippen molar-refractivity contribution in [1.29, 1.82) is 0 Å². The summed E-state index contributed by atoms with van der Waals surface area (Å²) >= 11 is 0. The van der Waals surface area contributed by atoms with Crippen LogP contribution < -0.4 is 10.6 Å². The minimum Gasteiger partial charge on any atom is -0.325 e. The molecule has 0 saturated carbocycles. The molecule has 1 aliphatic heterocycles. The Morgan fingerprint density at radius 2 is 1.74 bits per heavy atom. The molecule has 0 bridgehead atoms. The number of hydrogen-bond acceptors (Lipinski definition) is 4. The van der Waals surface area contributed by atoms with E-state index in [1.807, 2.05) is 0 Å². The molecule has 2 amide bonds. The van der Waals surface area contributed by atoms with Crippen LogP contribution in [-0.4, -0.2) is 42.1 Å². The van der Waals surface area contributed by atoms with Crippen molar-refractivity contribution >= 4 is 34.5 Å². The second kappa shape index (κ2) is 10.1. The topological polar surface area (TPSA) is 78.5 Å². The highest BCUT2D eigenvalue weighted by molar-refractivity contribution is 6.35. The molecule has 2 aromatic carbocycles. The number of rotatable bonds is 9. The first-order chi connectivity index (χ1) is 14.9. The van der Waals surface area contributed by atoms with Crippen molar-refractivity contribution in [1.82, 2.24) is 4.90 Å². The standard InChI is InChI=1S/C24H26FN3O3/c1-3-11-28(12-4-2)15-23(30)26-18-8-5-16(6-9-18)22(29)14-20-19-13-17(25)7-10-21(19)27-24(20)31/h5-10,13-14H,3-4,11-12,15H2,1-2H3,(H,26,30)(H,27,31)/b20-14-. The van der Waals surface area contributed by atoms with Gasteiger partial charge in [0.1, 0.15) is 5.82 Å². The molecule has 0 unspecified atom stereocenters. The lowest BCUT2D eigenvalue weighted by atomic mass is 10.0. The molecule has 0 aromatic heterocycles. The first kappa shape index (κ1) is 22.4. The van der Waals surface area contributed by atoms with E-state index in [1.54, 1.807) is 24.3 Å². The van der Waals surface area contributed by atoms with Crippen molar-refractivity contribution in [2.45, 2.75) is 26.7 Å². The van der Waals surface area contributed by atoms with Crippen LogP contribution in [0.25, 0.3) is 5.57 Å². The average Bonchev–Trinajstić information content (AvgIpc) is 3.03. The molecule has 31 heavy (non-hydrogen) atoms. The van der Waals surface area contributed by atoms with E-state index in [1.165, 1.54) is 24.3 Å². The van der Waals surface area contributed by atoms with Gasteiger partial charge in [0.2, 0.25) is 5.91 Å². The lowest BCUT2D eigenvalue weighted by Gasteiger charge is -2.20. The van der Waals surface area contributed by atoms with Crippen molar-refractivity contribution in [3.63, 3.8) is 0 Å². The summed E-state index contributed by atoms with van der Waals surface area (Å²) in [4.78, 5) is 39.2. The molecule has 0 radical (unpaired) electrons. The third-order valence-corrected chi connectivity index (χ3v) is 4.94. The quantitative estimate of drug-likeness (QED) is 0.470. The number of fused-ring (bicyclic) bond motifs is 1. The fourth-order valence-corrected chi connectivity index (χ4v) is 3.54. The SMILES string of the molecule is CCCN(CCC)CC(=O)Nc1ccc(C(=O)/C=C2\C(=O)Nc3ccc(F)cc32)cc1. The van der Waals surface area contributed by atoms with Crippen LogP contribution in [0.1, 0.15) is 42.6 Å². The van der Waals surface area contributed by atoms with Crippen LogP contribution in [-0.2, 0) is 9.59 Å². The van der Waals surface area contributed by atoms with Crippen LogP contribution in [0.3, 0.4) is 0 Å². The number of anilines is 2. The van der Waals surface area contributed by atoms with Gasteiger partial charge < -0.3 is 10.6 Å². The van der Waals surface area contributed by atoms with E-state index >= 15 is 0 Å². The molecule has 1 heterocycles. The summed E-state index contributed by atoms with van der Waals surface area (Å²) in [7, 11) is 0. The van der Waals surface area contributed by atoms with Gasteiger partial charge in [0, 0.05) is 22.5 Å². The molecule has 3 rings (SSSR count). The van der Waals surface area contributed by atoms with Crippen LogP contribution in [0.5, 0.6) is 0 Å². The van der Waals surface area contributed by atoms with Crippen LogP contribution in [0.4, 0.5) is 15.8 Å². The average molecular weight is 423 g/mol. The van der Waals surface area contributed by atoms with Gasteiger partial charge in [-0.15, -0.1) is 0 Å². The van der Waals surface area contributed by atoms with Crippen molar-refractivity contribution < 1.29 is 18.8 Å². The number of halogens is 1. The molecule has 0 saturated heterocycles. The minimum atomic E-state index is -0.481. The summed E-state index contributed by atoms with van der Waals surface area (Å²) < 4.78 is 13.5. The number of carbonyl (C=O) groups is 3. The van der Waals surface area contributed by atoms with Gasteiger partial charge in [0.15, 0.2) is 5.78 Å². The smallest absolute Gasteiger partial charge is 0.256 e. The molecule has 0 aliphatic carbocycles. The third kappa shape index (κ3) is 5.64. The fraction of sp³-hybridized carbons (Fsp3) is 0.292. The molecule has 6 nitrogen and oxygen atoms in total. The van der Waals surface area contributed by atoms with Crippen LogP contribution in [0, 0.1) is 5.82 Å². The van der Waals surface area contributed by atoms with Gasteiger partial charge >= 0.3 is 0 Å². The Balaban J connectivity index is 1.67. The van der Waals surface area contributed by atoms with Gasteiger partial charge in [-0.3, -0.25) is 19.3 Å². The highest BCUT2D eigenvalue weighted by Crippen LogP contribution is 2.32. The van der Waals surface area contributed by atoms with Crippen molar-refractivity contribution in [2.75, 3.05) is 30.3 Å². The van der Waals surface area contributed by atoms with E-state index in [4.69, 9.17) is 0 Å². The zero-order valence-electron chi connectivity index (χ0n) is 17.7. The van der Waals surface area contributed by atoms with E-state index in [-0.39, 0.29) is 17.3 Å². The van der Waals surface area contributed by atoms with Crippen LogP contribution >= 0.6 is 0 Å². The highest BCUT2D eigenvalue weighted by Gasteiger charge is 2.25. The molecule has 2 N–H and O–H groups in total. The largest absolute Gasteiger partial charge is 0.325 e. The summed E-state index contributed by atoms with van der Waals surface area (Å²) in [6, 6.07) is 10.4. The number of amides is 2. The summed E-state index contributed by atoms with van der Waals surface area (Å²) in [5, 5.41) is 5.46. The summed E-state index contributed by atoms with van der Waals surface area (Å²) in [5.41, 5.74) is 1.92. The van der Waals surface area contributed by atoms with Gasteiger partial charge in [-0.2, -0.15) is 0 Å². The number of nitrogens with zero attached hydrogens (tertiary/aromatic N) is 1. The lowest BCUT2D eigenvalue weighted by molar-refractivity contribution is -0.117. The molecule has 2 aromatic rings. The molecular formula is C24H26FN3O3. The number of benzene rings is 2. The molecule has 7 heteroatoms. The van der Waals surface area contributed by atoms with Gasteiger partial charge in [-0.1, -0.05) is 13.8 Å². The Hall–Kier alpha value is -3.32. The number of carbonyl (C=O) groups excluding carboxylic acids is 3. The number of allylic oxidation sites excluding steroid dienone is 1. The number of hydrogen-bond donors (Lipinski definition) is 2. The van der Waals surface area contributed by atoms with Crippen molar-refractivity contribution in [2.24, 2.45) is 0 Å². The van der Waals surface area contributed by atoms with E-state index in [2.05, 4.69) is 29.4 Å². The van der Waals surface area contributed by atoms with E-state index < -0.39 is 11.7 Å². The van der Waals surface area contributed by atoms with E-state index in [9.17, 15) is 18.8 Å². The normalized spacial score (nSPS) is 13.9. The maximum absolute atomic E-state index is 13.5. The highest BCUT2D eigenvalue weighted by atomic mass is 19.1. The summed E-state index contributed by atoms with van der Waals surface area (Å²) in [6.45, 7) is 6.21. The Morgan fingerprint density at radius 1 is 1.06 bits per heavy atom. The zero-order valence-corrected chi connectivity index (χ0v) is 17.7. The lowest BCUT2D eigenvalue weighted by Crippen LogP contribution is -2.34. The fourth-order valence-electron chi connectivity index (χ4n) is 3.54. The Morgan fingerprint density at radius 3 is 2.39 bits per heavy atom. The maximum Gasteiger partial charge on any atom is 0.256 e. The molecule has 0 spiro atoms. The van der Waals surface area contributed by atoms with E-state index in [0.717, 1.165) is 25.9 Å². The van der Waals surface area contributed by atoms with Gasteiger partial charge in [-0.05, 0) is 74.5 Å². The Kier molecular flexibility index (Phi) is 7.31. The van der Waals surface area contributed by atoms with Crippen LogP contribution in [0.2, 0.25) is 0 Å². The molecule has 1 aliphatic rings. The molecular weight excluding hydrogens is 397 g/mol. The van der Waals surface area contributed by atoms with E-state index in [0.29, 0.717) is 29.0 Å². The first-order valence-electron chi connectivity index (χ1n) is 10.4. The van der Waals surface area contributed by atoms with Crippen molar-refractivity contribution in [3.05, 3.63) is 65.5 Å². The number of nitrogens with one attached hydrogen (secondary N) is 2. The molecule has 0 atom stereocenters. The predicted octanol–water partition coefficient (Wildman–Crippen LogP) is 4.10. The number of ketones is 1. The zero-order chi connectivity index (χ0) is 22.4. The third-order valence-electron chi connectivity index (χ3n) is 4.94. The molecule has 162 valence electrons. The van der Waals surface area contributed by atoms with Gasteiger partial charge in [0.05, 0.1) is 12.1 Å². The Labute approximate surface area is 181 Å². The monoisotopic (exact) mass is 423 g/mol. The Bertz CT molecular complexity index is 1010. The molecule has 0 fully saturated rings. The second-order valence-electron chi connectivity index (χ2n) is 7.47. The second-order valence-corrected chi connectivity index (χ2v) is 7.47. The van der Waals surface area contributed by atoms with Gasteiger partial charge in [-0.25, -0.2) is 4.39 Å². The minimum absolute atomic E-state index is 0.107. The predicted molar refractivity (Wildman–Crippen MR) is 119 cm³/mol. The maximum atomic E-state index is 13.5. The summed E-state index contributed by atoms with van der Waals surface area (Å²) in [6.07, 6.45) is 3.17. The van der Waals surface area contributed by atoms with Gasteiger partial charge in [0.25, 0.3) is 5.91 Å². The first-order valence-corrected chi connectivity index (χ1v) is 10.4.